The van der Waals surface area contributed by atoms with E-state index < -0.39 is 6.10 Å². The van der Waals surface area contributed by atoms with Gasteiger partial charge < -0.3 is 10.4 Å². The summed E-state index contributed by atoms with van der Waals surface area (Å²) in [4.78, 5) is 7.88. The predicted molar refractivity (Wildman–Crippen MR) is 52.6 cm³/mol. The van der Waals surface area contributed by atoms with Crippen molar-refractivity contribution in [2.45, 2.75) is 31.4 Å². The highest BCUT2D eigenvalue weighted by Crippen LogP contribution is 2.20. The van der Waals surface area contributed by atoms with Gasteiger partial charge in [0.05, 0.1) is 5.69 Å². The Morgan fingerprint density at radius 2 is 2.43 bits per heavy atom. The Balaban J connectivity index is 2.03. The third kappa shape index (κ3) is 2.08. The van der Waals surface area contributed by atoms with E-state index in [0.717, 1.165) is 13.0 Å². The Kier molecular flexibility index (Phi) is 3.06. The largest absolute Gasteiger partial charge is 0.385 e. The van der Waals surface area contributed by atoms with Crippen LogP contribution in [0, 0.1) is 0 Å². The minimum atomic E-state index is -0.502. The van der Waals surface area contributed by atoms with E-state index in [1.54, 1.807) is 12.3 Å². The van der Waals surface area contributed by atoms with Crippen LogP contribution in [-0.2, 0) is 0 Å². The minimum Gasteiger partial charge on any atom is -0.385 e. The first kappa shape index (κ1) is 9.55. The molecule has 0 radical (unpaired) electrons. The van der Waals surface area contributed by atoms with Gasteiger partial charge in [0.1, 0.15) is 12.4 Å². The molecule has 0 aliphatic carbocycles. The number of aliphatic hydroxyl groups excluding tert-OH is 1. The highest BCUT2D eigenvalue weighted by Gasteiger charge is 2.23. The van der Waals surface area contributed by atoms with E-state index in [2.05, 4.69) is 15.3 Å². The number of aliphatic hydroxyl groups is 1. The molecule has 0 bridgehead atoms. The van der Waals surface area contributed by atoms with Crippen molar-refractivity contribution in [3.63, 3.8) is 0 Å². The van der Waals surface area contributed by atoms with Gasteiger partial charge in [-0.1, -0.05) is 6.42 Å². The first-order valence-electron chi connectivity index (χ1n) is 5.05. The van der Waals surface area contributed by atoms with Crippen LogP contribution in [0.4, 0.5) is 0 Å². The molecule has 0 spiro atoms. The van der Waals surface area contributed by atoms with Crippen LogP contribution < -0.4 is 5.32 Å². The summed E-state index contributed by atoms with van der Waals surface area (Å²) in [5.41, 5.74) is 0.708. The number of rotatable bonds is 2. The highest BCUT2D eigenvalue weighted by atomic mass is 16.3. The maximum absolute atomic E-state index is 9.99. The van der Waals surface area contributed by atoms with Crippen molar-refractivity contribution in [2.24, 2.45) is 0 Å². The molecule has 1 aliphatic heterocycles. The molecule has 1 aliphatic rings. The number of nitrogens with one attached hydrogen (secondary N) is 1. The van der Waals surface area contributed by atoms with Crippen LogP contribution in [0.2, 0.25) is 0 Å². The van der Waals surface area contributed by atoms with Gasteiger partial charge in [-0.15, -0.1) is 0 Å². The van der Waals surface area contributed by atoms with Crippen molar-refractivity contribution in [3.8, 4) is 0 Å². The third-order valence-electron chi connectivity index (χ3n) is 2.64. The number of piperidine rings is 1. The van der Waals surface area contributed by atoms with Gasteiger partial charge in [0.25, 0.3) is 0 Å². The maximum atomic E-state index is 9.99. The van der Waals surface area contributed by atoms with E-state index in [-0.39, 0.29) is 6.04 Å². The smallest absolute Gasteiger partial charge is 0.115 e. The molecule has 76 valence electrons. The maximum Gasteiger partial charge on any atom is 0.115 e. The van der Waals surface area contributed by atoms with E-state index >= 15 is 0 Å². The van der Waals surface area contributed by atoms with E-state index in [9.17, 15) is 5.11 Å². The lowest BCUT2D eigenvalue weighted by Crippen LogP contribution is -2.39. The van der Waals surface area contributed by atoms with E-state index in [0.29, 0.717) is 5.69 Å². The average Bonchev–Trinajstić information content (AvgIpc) is 2.30. The lowest BCUT2D eigenvalue weighted by atomic mass is 9.98. The first-order valence-corrected chi connectivity index (χ1v) is 5.05. The van der Waals surface area contributed by atoms with Crippen molar-refractivity contribution in [1.29, 1.82) is 0 Å². The van der Waals surface area contributed by atoms with Crippen molar-refractivity contribution < 1.29 is 5.11 Å². The van der Waals surface area contributed by atoms with Gasteiger partial charge >= 0.3 is 0 Å². The lowest BCUT2D eigenvalue weighted by Gasteiger charge is -2.27. The third-order valence-corrected chi connectivity index (χ3v) is 2.64. The molecule has 1 saturated heterocycles. The molecule has 14 heavy (non-hydrogen) atoms. The van der Waals surface area contributed by atoms with Crippen LogP contribution in [0.5, 0.6) is 0 Å². The summed E-state index contributed by atoms with van der Waals surface area (Å²) in [5, 5.41) is 13.3. The van der Waals surface area contributed by atoms with Crippen LogP contribution in [0.1, 0.15) is 31.1 Å². The monoisotopic (exact) mass is 193 g/mol. The summed E-state index contributed by atoms with van der Waals surface area (Å²) in [5.74, 6) is 0. The second-order valence-corrected chi connectivity index (χ2v) is 3.64. The van der Waals surface area contributed by atoms with Crippen LogP contribution >= 0.6 is 0 Å². The molecule has 2 unspecified atom stereocenters. The molecule has 2 rings (SSSR count). The molecule has 0 amide bonds. The number of hydrogen-bond donors (Lipinski definition) is 2. The predicted octanol–water partition coefficient (Wildman–Crippen LogP) is 0.652. The van der Waals surface area contributed by atoms with E-state index in [1.165, 1.54) is 19.2 Å². The summed E-state index contributed by atoms with van der Waals surface area (Å²) >= 11 is 0. The number of hydrogen-bond acceptors (Lipinski definition) is 4. The summed E-state index contributed by atoms with van der Waals surface area (Å²) in [6.07, 6.45) is 6.03. The second kappa shape index (κ2) is 4.48. The molecular formula is C10H15N3O. The fourth-order valence-corrected chi connectivity index (χ4v) is 1.83. The summed E-state index contributed by atoms with van der Waals surface area (Å²) in [6.45, 7) is 0.993. The average molecular weight is 193 g/mol. The van der Waals surface area contributed by atoms with Crippen molar-refractivity contribution in [1.82, 2.24) is 15.3 Å². The van der Waals surface area contributed by atoms with Gasteiger partial charge in [0, 0.05) is 12.2 Å². The van der Waals surface area contributed by atoms with Gasteiger partial charge in [-0.2, -0.15) is 0 Å². The van der Waals surface area contributed by atoms with Crippen LogP contribution in [0.3, 0.4) is 0 Å². The molecule has 0 saturated carbocycles. The van der Waals surface area contributed by atoms with Gasteiger partial charge in [-0.05, 0) is 25.5 Å². The lowest BCUT2D eigenvalue weighted by molar-refractivity contribution is 0.110. The Labute approximate surface area is 83.4 Å². The zero-order valence-electron chi connectivity index (χ0n) is 8.06. The van der Waals surface area contributed by atoms with Crippen LogP contribution in [0.15, 0.2) is 18.6 Å². The number of nitrogens with zero attached hydrogens (tertiary/aromatic N) is 2. The molecule has 1 aromatic heterocycles. The Morgan fingerprint density at radius 1 is 1.50 bits per heavy atom. The standard InChI is InChI=1S/C10H15N3O/c14-10(8-3-1-2-5-12-8)9-4-6-11-7-13-9/h4,6-8,10,12,14H,1-3,5H2. The Morgan fingerprint density at radius 3 is 3.07 bits per heavy atom. The topological polar surface area (TPSA) is 58.0 Å². The van der Waals surface area contributed by atoms with E-state index in [1.807, 2.05) is 0 Å². The highest BCUT2D eigenvalue weighted by molar-refractivity contribution is 5.05. The van der Waals surface area contributed by atoms with Crippen molar-refractivity contribution in [2.75, 3.05) is 6.54 Å². The fraction of sp³-hybridized carbons (Fsp3) is 0.600. The van der Waals surface area contributed by atoms with E-state index in [4.69, 9.17) is 0 Å². The van der Waals surface area contributed by atoms with Gasteiger partial charge in [-0.3, -0.25) is 0 Å². The molecule has 2 heterocycles. The molecule has 4 heteroatoms. The molecule has 1 fully saturated rings. The summed E-state index contributed by atoms with van der Waals surface area (Å²) in [7, 11) is 0. The molecule has 1 aromatic rings. The zero-order valence-corrected chi connectivity index (χ0v) is 8.06. The SMILES string of the molecule is OC(c1ccncn1)C1CCCCN1. The first-order chi connectivity index (χ1) is 6.88. The molecular weight excluding hydrogens is 178 g/mol. The molecule has 0 aromatic carbocycles. The molecule has 2 N–H and O–H groups in total. The normalized spacial score (nSPS) is 24.5. The molecule has 2 atom stereocenters. The van der Waals surface area contributed by atoms with Crippen molar-refractivity contribution in [3.05, 3.63) is 24.3 Å². The quantitative estimate of drug-likeness (QED) is 0.724. The summed E-state index contributed by atoms with van der Waals surface area (Å²) in [6, 6.07) is 1.92. The fourth-order valence-electron chi connectivity index (χ4n) is 1.83. The minimum absolute atomic E-state index is 0.152. The van der Waals surface area contributed by atoms with Crippen LogP contribution in [0.25, 0.3) is 0 Å². The van der Waals surface area contributed by atoms with Crippen LogP contribution in [-0.4, -0.2) is 27.7 Å². The summed E-state index contributed by atoms with van der Waals surface area (Å²) < 4.78 is 0. The molecule has 4 nitrogen and oxygen atoms in total. The van der Waals surface area contributed by atoms with Crippen molar-refractivity contribution >= 4 is 0 Å². The Bertz CT molecular complexity index is 272. The second-order valence-electron chi connectivity index (χ2n) is 3.64. The van der Waals surface area contributed by atoms with Gasteiger partial charge in [-0.25, -0.2) is 9.97 Å². The van der Waals surface area contributed by atoms with Gasteiger partial charge in [0.2, 0.25) is 0 Å². The Hall–Kier alpha value is -1.00. The van der Waals surface area contributed by atoms with Gasteiger partial charge in [0.15, 0.2) is 0 Å². The number of aromatic nitrogens is 2. The zero-order chi connectivity index (χ0) is 9.80.